The van der Waals surface area contributed by atoms with E-state index in [0.717, 1.165) is 31.0 Å². The van der Waals surface area contributed by atoms with Crippen LogP contribution in [0, 0.1) is 11.6 Å². The maximum Gasteiger partial charge on any atom is 0.255 e. The average Bonchev–Trinajstić information content (AvgIpc) is 3.13. The number of sulfonamides is 1. The topological polar surface area (TPSA) is 66.5 Å². The molecule has 0 unspecified atom stereocenters. The van der Waals surface area contributed by atoms with Crippen molar-refractivity contribution in [1.29, 1.82) is 0 Å². The summed E-state index contributed by atoms with van der Waals surface area (Å²) in [6, 6.07) is 8.20. The van der Waals surface area contributed by atoms with Crippen LogP contribution >= 0.6 is 0 Å². The van der Waals surface area contributed by atoms with Crippen LogP contribution in [0.25, 0.3) is 0 Å². The van der Waals surface area contributed by atoms with Crippen molar-refractivity contribution in [1.82, 2.24) is 4.31 Å². The van der Waals surface area contributed by atoms with Crippen LogP contribution in [-0.4, -0.2) is 31.7 Å². The molecule has 0 spiro atoms. The van der Waals surface area contributed by atoms with Gasteiger partial charge in [0.2, 0.25) is 10.0 Å². The van der Waals surface area contributed by atoms with Gasteiger partial charge in [-0.3, -0.25) is 4.79 Å². The molecule has 0 aliphatic carbocycles. The van der Waals surface area contributed by atoms with Gasteiger partial charge in [-0.15, -0.1) is 0 Å². The van der Waals surface area contributed by atoms with E-state index in [-0.39, 0.29) is 16.1 Å². The van der Waals surface area contributed by atoms with Gasteiger partial charge in [0.25, 0.3) is 5.91 Å². The summed E-state index contributed by atoms with van der Waals surface area (Å²) in [6.07, 6.45) is 1.61. The Balaban J connectivity index is 1.86. The van der Waals surface area contributed by atoms with Gasteiger partial charge in [0.15, 0.2) is 0 Å². The summed E-state index contributed by atoms with van der Waals surface area (Å²) in [4.78, 5) is 12.3. The number of amides is 1. The maximum absolute atomic E-state index is 13.6. The second-order valence-electron chi connectivity index (χ2n) is 5.72. The normalized spacial score (nSPS) is 15.3. The molecule has 1 N–H and O–H groups in total. The molecule has 1 saturated heterocycles. The quantitative estimate of drug-likeness (QED) is 0.905. The molecule has 0 saturated carbocycles. The minimum atomic E-state index is -3.66. The highest BCUT2D eigenvalue weighted by Gasteiger charge is 2.27. The Labute approximate surface area is 144 Å². The van der Waals surface area contributed by atoms with Crippen LogP contribution in [0.2, 0.25) is 0 Å². The third kappa shape index (κ3) is 3.69. The van der Waals surface area contributed by atoms with Crippen LogP contribution in [-0.2, 0) is 10.0 Å². The van der Waals surface area contributed by atoms with Crippen molar-refractivity contribution < 1.29 is 22.0 Å². The molecule has 3 rings (SSSR count). The van der Waals surface area contributed by atoms with Gasteiger partial charge < -0.3 is 5.32 Å². The predicted octanol–water partition coefficient (Wildman–Crippen LogP) is 3.00. The molecule has 5 nitrogen and oxygen atoms in total. The van der Waals surface area contributed by atoms with Gasteiger partial charge in [-0.05, 0) is 43.2 Å². The average molecular weight is 366 g/mol. The lowest BCUT2D eigenvalue weighted by molar-refractivity contribution is 0.102. The molecule has 0 bridgehead atoms. The van der Waals surface area contributed by atoms with Crippen molar-refractivity contribution in [2.45, 2.75) is 17.7 Å². The predicted molar refractivity (Wildman–Crippen MR) is 88.7 cm³/mol. The first kappa shape index (κ1) is 17.5. The Hall–Kier alpha value is -2.32. The lowest BCUT2D eigenvalue weighted by Crippen LogP contribution is -2.28. The van der Waals surface area contributed by atoms with E-state index in [4.69, 9.17) is 0 Å². The fourth-order valence-electron chi connectivity index (χ4n) is 2.66. The highest BCUT2D eigenvalue weighted by Crippen LogP contribution is 2.22. The number of nitrogens with zero attached hydrogens (tertiary/aromatic N) is 1. The Bertz CT molecular complexity index is 910. The number of benzene rings is 2. The number of carbonyl (C=O) groups is 1. The number of nitrogens with one attached hydrogen (secondary N) is 1. The molecular formula is C17H16F2N2O3S. The van der Waals surface area contributed by atoms with E-state index in [2.05, 4.69) is 5.32 Å². The van der Waals surface area contributed by atoms with Gasteiger partial charge >= 0.3 is 0 Å². The molecule has 0 atom stereocenters. The summed E-state index contributed by atoms with van der Waals surface area (Å²) < 4.78 is 53.3. The Kier molecular flexibility index (Phi) is 4.82. The molecule has 1 amide bonds. The SMILES string of the molecule is O=C(Nc1cc(F)ccc1F)c1cccc(S(=O)(=O)N2CCCC2)c1. The van der Waals surface area contributed by atoms with Gasteiger partial charge in [-0.25, -0.2) is 17.2 Å². The minimum absolute atomic E-state index is 0.00163. The lowest BCUT2D eigenvalue weighted by atomic mass is 10.2. The highest BCUT2D eigenvalue weighted by molar-refractivity contribution is 7.89. The largest absolute Gasteiger partial charge is 0.319 e. The zero-order chi connectivity index (χ0) is 18.0. The fraction of sp³-hybridized carbons (Fsp3) is 0.235. The smallest absolute Gasteiger partial charge is 0.255 e. The van der Waals surface area contributed by atoms with Crippen molar-refractivity contribution in [2.24, 2.45) is 0 Å². The Morgan fingerprint density at radius 3 is 2.48 bits per heavy atom. The number of halogens is 2. The van der Waals surface area contributed by atoms with Gasteiger partial charge in [0, 0.05) is 24.7 Å². The zero-order valence-electron chi connectivity index (χ0n) is 13.2. The zero-order valence-corrected chi connectivity index (χ0v) is 14.0. The first-order chi connectivity index (χ1) is 11.9. The summed E-state index contributed by atoms with van der Waals surface area (Å²) in [5.41, 5.74) is -0.262. The lowest BCUT2D eigenvalue weighted by Gasteiger charge is -2.16. The standard InChI is InChI=1S/C17H16F2N2O3S/c18-13-6-7-15(19)16(11-13)20-17(22)12-4-3-5-14(10-12)25(23,24)21-8-1-2-9-21/h3-7,10-11H,1-2,8-9H2,(H,20,22). The van der Waals surface area contributed by atoms with Crippen molar-refractivity contribution in [2.75, 3.05) is 18.4 Å². The Morgan fingerprint density at radius 1 is 1.04 bits per heavy atom. The van der Waals surface area contributed by atoms with E-state index in [1.807, 2.05) is 0 Å². The van der Waals surface area contributed by atoms with Gasteiger partial charge in [-0.2, -0.15) is 4.31 Å². The molecule has 8 heteroatoms. The summed E-state index contributed by atoms with van der Waals surface area (Å²) in [7, 11) is -3.66. The highest BCUT2D eigenvalue weighted by atomic mass is 32.2. The molecule has 25 heavy (non-hydrogen) atoms. The number of hydrogen-bond acceptors (Lipinski definition) is 3. The van der Waals surface area contributed by atoms with Crippen LogP contribution in [0.15, 0.2) is 47.4 Å². The molecule has 1 fully saturated rings. The number of carbonyl (C=O) groups excluding carboxylic acids is 1. The van der Waals surface area contributed by atoms with Crippen LogP contribution in [0.4, 0.5) is 14.5 Å². The van der Waals surface area contributed by atoms with Gasteiger partial charge in [0.1, 0.15) is 11.6 Å². The summed E-state index contributed by atoms with van der Waals surface area (Å²) in [5.74, 6) is -2.19. The van der Waals surface area contributed by atoms with Crippen LogP contribution in [0.5, 0.6) is 0 Å². The molecule has 1 heterocycles. The number of hydrogen-bond donors (Lipinski definition) is 1. The fourth-order valence-corrected chi connectivity index (χ4v) is 4.23. The monoisotopic (exact) mass is 366 g/mol. The van der Waals surface area contributed by atoms with E-state index in [1.54, 1.807) is 0 Å². The maximum atomic E-state index is 13.6. The molecule has 132 valence electrons. The van der Waals surface area contributed by atoms with Gasteiger partial charge in [-0.1, -0.05) is 6.07 Å². The van der Waals surface area contributed by atoms with Crippen molar-refractivity contribution >= 4 is 21.6 Å². The van der Waals surface area contributed by atoms with Gasteiger partial charge in [0.05, 0.1) is 10.6 Å². The molecular weight excluding hydrogens is 350 g/mol. The van der Waals surface area contributed by atoms with E-state index >= 15 is 0 Å². The second kappa shape index (κ2) is 6.89. The molecule has 1 aliphatic rings. The number of rotatable bonds is 4. The van der Waals surface area contributed by atoms with E-state index in [0.29, 0.717) is 13.1 Å². The molecule has 2 aromatic carbocycles. The first-order valence-electron chi connectivity index (χ1n) is 7.74. The summed E-state index contributed by atoms with van der Waals surface area (Å²) in [6.45, 7) is 0.903. The van der Waals surface area contributed by atoms with Crippen LogP contribution in [0.1, 0.15) is 23.2 Å². The molecule has 2 aromatic rings. The Morgan fingerprint density at radius 2 is 1.76 bits per heavy atom. The van der Waals surface area contributed by atoms with Crippen molar-refractivity contribution in [3.63, 3.8) is 0 Å². The first-order valence-corrected chi connectivity index (χ1v) is 9.18. The van der Waals surface area contributed by atoms with Crippen LogP contribution < -0.4 is 5.32 Å². The van der Waals surface area contributed by atoms with E-state index < -0.39 is 27.6 Å². The third-order valence-corrected chi connectivity index (χ3v) is 5.87. The number of anilines is 1. The molecule has 0 radical (unpaired) electrons. The third-order valence-electron chi connectivity index (χ3n) is 3.98. The van der Waals surface area contributed by atoms with Crippen LogP contribution in [0.3, 0.4) is 0 Å². The second-order valence-corrected chi connectivity index (χ2v) is 7.66. The van der Waals surface area contributed by atoms with E-state index in [1.165, 1.54) is 28.6 Å². The molecule has 1 aliphatic heterocycles. The van der Waals surface area contributed by atoms with E-state index in [9.17, 15) is 22.0 Å². The molecule has 0 aromatic heterocycles. The minimum Gasteiger partial charge on any atom is -0.319 e. The summed E-state index contributed by atoms with van der Waals surface area (Å²) in [5, 5.41) is 2.25. The summed E-state index contributed by atoms with van der Waals surface area (Å²) >= 11 is 0. The van der Waals surface area contributed by atoms with Crippen molar-refractivity contribution in [3.05, 3.63) is 59.7 Å². The van der Waals surface area contributed by atoms with Crippen molar-refractivity contribution in [3.8, 4) is 0 Å².